The van der Waals surface area contributed by atoms with Crippen LogP contribution < -0.4 is 15.4 Å². The maximum Gasteiger partial charge on any atom is 0.237 e. The Labute approximate surface area is 160 Å². The molecule has 0 aliphatic heterocycles. The number of fused-ring (bicyclic) bond motifs is 1. The molecule has 4 heteroatoms. The van der Waals surface area contributed by atoms with Gasteiger partial charge >= 0.3 is 0 Å². The van der Waals surface area contributed by atoms with Crippen LogP contribution in [-0.2, 0) is 11.3 Å². The van der Waals surface area contributed by atoms with Crippen LogP contribution in [-0.4, -0.2) is 19.1 Å². The van der Waals surface area contributed by atoms with Crippen molar-refractivity contribution in [2.24, 2.45) is 0 Å². The topological polar surface area (TPSA) is 50.4 Å². The number of benzene rings is 3. The normalized spacial score (nSPS) is 13.1. The lowest BCUT2D eigenvalue weighted by Gasteiger charge is -2.21. The van der Waals surface area contributed by atoms with E-state index in [1.807, 2.05) is 43.3 Å². The lowest BCUT2D eigenvalue weighted by molar-refractivity contribution is -0.123. The van der Waals surface area contributed by atoms with Crippen LogP contribution in [0.2, 0.25) is 0 Å². The van der Waals surface area contributed by atoms with E-state index >= 15 is 0 Å². The Balaban J connectivity index is 1.59. The third-order valence-electron chi connectivity index (χ3n) is 4.81. The van der Waals surface area contributed by atoms with E-state index in [2.05, 4.69) is 47.9 Å². The SMILES string of the molecule is COc1ccc(CNC(=O)[C@H](C)N[C@@H](C)c2cccc3ccccc23)cc1. The zero-order chi connectivity index (χ0) is 19.2. The number of nitrogens with one attached hydrogen (secondary N) is 2. The van der Waals surface area contributed by atoms with Gasteiger partial charge in [0, 0.05) is 12.6 Å². The summed E-state index contributed by atoms with van der Waals surface area (Å²) in [5.41, 5.74) is 2.24. The molecule has 0 radical (unpaired) electrons. The molecule has 3 rings (SSSR count). The summed E-state index contributed by atoms with van der Waals surface area (Å²) in [6.45, 7) is 4.48. The minimum Gasteiger partial charge on any atom is -0.497 e. The first-order valence-corrected chi connectivity index (χ1v) is 9.23. The Morgan fingerprint density at radius 3 is 2.41 bits per heavy atom. The van der Waals surface area contributed by atoms with E-state index in [4.69, 9.17) is 4.74 Å². The number of hydrogen-bond acceptors (Lipinski definition) is 3. The van der Waals surface area contributed by atoms with Crippen LogP contribution in [0.1, 0.15) is 31.0 Å². The molecule has 0 spiro atoms. The molecule has 0 fully saturated rings. The molecule has 1 amide bonds. The van der Waals surface area contributed by atoms with Gasteiger partial charge in [-0.1, -0.05) is 54.6 Å². The minimum atomic E-state index is -0.294. The first-order valence-electron chi connectivity index (χ1n) is 9.23. The highest BCUT2D eigenvalue weighted by atomic mass is 16.5. The largest absolute Gasteiger partial charge is 0.497 e. The smallest absolute Gasteiger partial charge is 0.237 e. The van der Waals surface area contributed by atoms with Crippen molar-refractivity contribution in [1.82, 2.24) is 10.6 Å². The summed E-state index contributed by atoms with van der Waals surface area (Å²) >= 11 is 0. The van der Waals surface area contributed by atoms with E-state index in [0.717, 1.165) is 11.3 Å². The highest BCUT2D eigenvalue weighted by Gasteiger charge is 2.17. The molecule has 0 bridgehead atoms. The van der Waals surface area contributed by atoms with Gasteiger partial charge in [0.1, 0.15) is 5.75 Å². The molecule has 0 aromatic heterocycles. The highest BCUT2D eigenvalue weighted by molar-refractivity contribution is 5.86. The van der Waals surface area contributed by atoms with E-state index in [-0.39, 0.29) is 18.0 Å². The predicted octanol–water partition coefficient (Wildman–Crippen LogP) is 4.20. The zero-order valence-corrected chi connectivity index (χ0v) is 16.0. The maximum atomic E-state index is 12.5. The van der Waals surface area contributed by atoms with Gasteiger partial charge in [-0.3, -0.25) is 10.1 Å². The second-order valence-electron chi connectivity index (χ2n) is 6.74. The summed E-state index contributed by atoms with van der Waals surface area (Å²) in [5, 5.41) is 8.82. The first kappa shape index (κ1) is 18.9. The van der Waals surface area contributed by atoms with Crippen molar-refractivity contribution in [3.05, 3.63) is 77.9 Å². The average molecular weight is 362 g/mol. The van der Waals surface area contributed by atoms with Gasteiger partial charge in [-0.2, -0.15) is 0 Å². The van der Waals surface area contributed by atoms with Gasteiger partial charge in [-0.05, 0) is 47.9 Å². The highest BCUT2D eigenvalue weighted by Crippen LogP contribution is 2.24. The molecule has 0 aliphatic carbocycles. The second-order valence-corrected chi connectivity index (χ2v) is 6.74. The fourth-order valence-corrected chi connectivity index (χ4v) is 3.25. The minimum absolute atomic E-state index is 0.0158. The molecule has 0 saturated carbocycles. The van der Waals surface area contributed by atoms with Crippen LogP contribution in [0.3, 0.4) is 0 Å². The standard InChI is InChI=1S/C23H26N2O2/c1-16(21-10-6-8-19-7-4-5-9-22(19)21)25-17(2)23(26)24-15-18-11-13-20(27-3)14-12-18/h4-14,16-17,25H,15H2,1-3H3,(H,24,26)/t16-,17-/m0/s1. The number of hydrogen-bond donors (Lipinski definition) is 2. The molecule has 0 heterocycles. The van der Waals surface area contributed by atoms with E-state index in [1.54, 1.807) is 7.11 Å². The van der Waals surface area contributed by atoms with Crippen molar-refractivity contribution in [2.75, 3.05) is 7.11 Å². The summed E-state index contributed by atoms with van der Waals surface area (Å²) in [6, 6.07) is 22.1. The van der Waals surface area contributed by atoms with Crippen molar-refractivity contribution in [2.45, 2.75) is 32.5 Å². The Bertz CT molecular complexity index is 900. The number of carbonyl (C=O) groups is 1. The van der Waals surface area contributed by atoms with Crippen molar-refractivity contribution in [3.8, 4) is 5.75 Å². The van der Waals surface area contributed by atoms with Crippen molar-refractivity contribution in [1.29, 1.82) is 0 Å². The third kappa shape index (κ3) is 4.66. The van der Waals surface area contributed by atoms with E-state index < -0.39 is 0 Å². The Morgan fingerprint density at radius 1 is 0.963 bits per heavy atom. The number of amides is 1. The van der Waals surface area contributed by atoms with E-state index in [0.29, 0.717) is 6.54 Å². The molecule has 0 aliphatic rings. The Kier molecular flexibility index (Phi) is 6.09. The molecular formula is C23H26N2O2. The molecule has 3 aromatic carbocycles. The quantitative estimate of drug-likeness (QED) is 0.662. The fourth-order valence-electron chi connectivity index (χ4n) is 3.25. The molecule has 4 nitrogen and oxygen atoms in total. The lowest BCUT2D eigenvalue weighted by atomic mass is 9.99. The van der Waals surface area contributed by atoms with Gasteiger partial charge in [0.05, 0.1) is 13.2 Å². The predicted molar refractivity (Wildman–Crippen MR) is 110 cm³/mol. The Morgan fingerprint density at radius 2 is 1.67 bits per heavy atom. The van der Waals surface area contributed by atoms with Crippen molar-refractivity contribution >= 4 is 16.7 Å². The summed E-state index contributed by atoms with van der Waals surface area (Å²) in [7, 11) is 1.64. The molecule has 0 unspecified atom stereocenters. The van der Waals surface area contributed by atoms with E-state index in [9.17, 15) is 4.79 Å². The zero-order valence-electron chi connectivity index (χ0n) is 16.0. The third-order valence-corrected chi connectivity index (χ3v) is 4.81. The maximum absolute atomic E-state index is 12.5. The number of carbonyl (C=O) groups excluding carboxylic acids is 1. The first-order chi connectivity index (χ1) is 13.1. The van der Waals surface area contributed by atoms with Crippen molar-refractivity contribution in [3.63, 3.8) is 0 Å². The summed E-state index contributed by atoms with van der Waals surface area (Å²) in [5.74, 6) is 0.793. The van der Waals surface area contributed by atoms with Gasteiger partial charge in [0.2, 0.25) is 5.91 Å². The lowest BCUT2D eigenvalue weighted by Crippen LogP contribution is -2.42. The summed E-state index contributed by atoms with van der Waals surface area (Å²) in [4.78, 5) is 12.5. The molecule has 0 saturated heterocycles. The van der Waals surface area contributed by atoms with Crippen LogP contribution in [0.25, 0.3) is 10.8 Å². The van der Waals surface area contributed by atoms with Crippen molar-refractivity contribution < 1.29 is 9.53 Å². The average Bonchev–Trinajstić information content (AvgIpc) is 2.71. The molecule has 2 N–H and O–H groups in total. The van der Waals surface area contributed by atoms with Crippen LogP contribution in [0, 0.1) is 0 Å². The van der Waals surface area contributed by atoms with Gasteiger partial charge in [0.25, 0.3) is 0 Å². The molecular weight excluding hydrogens is 336 g/mol. The van der Waals surface area contributed by atoms with Gasteiger partial charge in [0.15, 0.2) is 0 Å². The fraction of sp³-hybridized carbons (Fsp3) is 0.261. The number of methoxy groups -OCH3 is 1. The van der Waals surface area contributed by atoms with Crippen LogP contribution in [0.5, 0.6) is 5.75 Å². The Hall–Kier alpha value is -2.85. The monoisotopic (exact) mass is 362 g/mol. The van der Waals surface area contributed by atoms with Gasteiger partial charge in [-0.25, -0.2) is 0 Å². The number of rotatable bonds is 7. The number of ether oxygens (including phenoxy) is 1. The molecule has 27 heavy (non-hydrogen) atoms. The van der Waals surface area contributed by atoms with Gasteiger partial charge in [-0.15, -0.1) is 0 Å². The van der Waals surface area contributed by atoms with E-state index in [1.165, 1.54) is 16.3 Å². The van der Waals surface area contributed by atoms with Gasteiger partial charge < -0.3 is 10.1 Å². The van der Waals surface area contributed by atoms with Crippen LogP contribution in [0.4, 0.5) is 0 Å². The summed E-state index contributed by atoms with van der Waals surface area (Å²) < 4.78 is 5.15. The van der Waals surface area contributed by atoms with Crippen LogP contribution in [0.15, 0.2) is 66.7 Å². The summed E-state index contributed by atoms with van der Waals surface area (Å²) in [6.07, 6.45) is 0. The molecule has 2 atom stereocenters. The molecule has 3 aromatic rings. The second kappa shape index (κ2) is 8.69. The molecule has 140 valence electrons. The van der Waals surface area contributed by atoms with Crippen LogP contribution >= 0.6 is 0 Å².